The molecule has 0 unspecified atom stereocenters. The summed E-state index contributed by atoms with van der Waals surface area (Å²) in [6.45, 7) is 5.75. The summed E-state index contributed by atoms with van der Waals surface area (Å²) >= 11 is 0. The number of methoxy groups -OCH3 is 1. The number of ether oxygens (including phenoxy) is 2. The van der Waals surface area contributed by atoms with Crippen LogP contribution in [0.1, 0.15) is 32.1 Å². The zero-order valence-electron chi connectivity index (χ0n) is 18.3. The normalized spacial score (nSPS) is 17.7. The number of nitrogens with zero attached hydrogens (tertiary/aromatic N) is 4. The van der Waals surface area contributed by atoms with Crippen LogP contribution in [0.3, 0.4) is 0 Å². The summed E-state index contributed by atoms with van der Waals surface area (Å²) in [5.74, 6) is 2.84. The van der Waals surface area contributed by atoms with Crippen LogP contribution in [0.25, 0.3) is 0 Å². The van der Waals surface area contributed by atoms with E-state index in [-0.39, 0.29) is 6.10 Å². The molecule has 4 rings (SSSR count). The number of nitrogens with one attached hydrogen (secondary N) is 1. The van der Waals surface area contributed by atoms with Crippen molar-refractivity contribution in [3.63, 3.8) is 0 Å². The standard InChI is InChI=1S/C23H33N5O3/c1-30-20-6-5-18(17-21(20)31-16-4-13-27-11-2-3-12-27)25-23-24-10-7-22(26-23)28-14-8-19(29)9-15-28/h5-7,10,17,19,29H,2-4,8-9,11-16H2,1H3,(H,24,25,26). The van der Waals surface area contributed by atoms with Crippen LogP contribution in [0, 0.1) is 0 Å². The Hall–Kier alpha value is -2.58. The highest BCUT2D eigenvalue weighted by Gasteiger charge is 2.18. The van der Waals surface area contributed by atoms with E-state index in [9.17, 15) is 5.11 Å². The molecule has 31 heavy (non-hydrogen) atoms. The summed E-state index contributed by atoms with van der Waals surface area (Å²) in [6.07, 6.45) is 6.71. The highest BCUT2D eigenvalue weighted by atomic mass is 16.5. The van der Waals surface area contributed by atoms with Crippen molar-refractivity contribution >= 4 is 17.5 Å². The Morgan fingerprint density at radius 3 is 2.68 bits per heavy atom. The molecular formula is C23H33N5O3. The first-order valence-electron chi connectivity index (χ1n) is 11.3. The number of benzene rings is 1. The lowest BCUT2D eigenvalue weighted by atomic mass is 10.1. The van der Waals surface area contributed by atoms with Crippen molar-refractivity contribution in [1.29, 1.82) is 0 Å². The number of rotatable bonds is 9. The molecule has 168 valence electrons. The molecule has 8 heteroatoms. The fourth-order valence-corrected chi connectivity index (χ4v) is 4.15. The largest absolute Gasteiger partial charge is 0.493 e. The lowest BCUT2D eigenvalue weighted by molar-refractivity contribution is 0.145. The fourth-order valence-electron chi connectivity index (χ4n) is 4.15. The number of piperidine rings is 1. The maximum absolute atomic E-state index is 9.73. The molecule has 0 amide bonds. The molecule has 0 bridgehead atoms. The van der Waals surface area contributed by atoms with Crippen LogP contribution in [0.4, 0.5) is 17.5 Å². The Labute approximate surface area is 184 Å². The lowest BCUT2D eigenvalue weighted by Crippen LogP contribution is -2.36. The molecule has 2 saturated heterocycles. The smallest absolute Gasteiger partial charge is 0.229 e. The topological polar surface area (TPSA) is 83.0 Å². The van der Waals surface area contributed by atoms with Gasteiger partial charge in [0, 0.05) is 37.6 Å². The third-order valence-electron chi connectivity index (χ3n) is 5.92. The van der Waals surface area contributed by atoms with Crippen LogP contribution in [0.2, 0.25) is 0 Å². The second-order valence-electron chi connectivity index (χ2n) is 8.20. The third-order valence-corrected chi connectivity index (χ3v) is 5.92. The Balaban J connectivity index is 1.36. The van der Waals surface area contributed by atoms with E-state index in [1.54, 1.807) is 13.3 Å². The van der Waals surface area contributed by atoms with E-state index in [1.165, 1.54) is 25.9 Å². The maximum Gasteiger partial charge on any atom is 0.229 e. The van der Waals surface area contributed by atoms with Crippen LogP contribution in [0.5, 0.6) is 11.5 Å². The van der Waals surface area contributed by atoms with Crippen LogP contribution in [0.15, 0.2) is 30.5 Å². The summed E-state index contributed by atoms with van der Waals surface area (Å²) in [4.78, 5) is 13.7. The molecule has 2 fully saturated rings. The van der Waals surface area contributed by atoms with Crippen molar-refractivity contribution in [2.75, 3.05) is 56.7 Å². The summed E-state index contributed by atoms with van der Waals surface area (Å²) in [6, 6.07) is 7.67. The molecule has 1 aromatic carbocycles. The molecule has 3 heterocycles. The first kappa shape index (κ1) is 21.6. The summed E-state index contributed by atoms with van der Waals surface area (Å²) in [7, 11) is 1.65. The number of aliphatic hydroxyl groups excluding tert-OH is 1. The van der Waals surface area contributed by atoms with Gasteiger partial charge in [0.05, 0.1) is 19.8 Å². The summed E-state index contributed by atoms with van der Waals surface area (Å²) < 4.78 is 11.5. The molecule has 1 aromatic heterocycles. The molecule has 0 atom stereocenters. The predicted molar refractivity (Wildman–Crippen MR) is 122 cm³/mol. The lowest BCUT2D eigenvalue weighted by Gasteiger charge is -2.30. The number of aliphatic hydroxyl groups is 1. The van der Waals surface area contributed by atoms with Crippen molar-refractivity contribution in [2.45, 2.75) is 38.2 Å². The second-order valence-corrected chi connectivity index (χ2v) is 8.20. The molecule has 0 spiro atoms. The molecule has 0 aliphatic carbocycles. The molecule has 8 nitrogen and oxygen atoms in total. The molecular weight excluding hydrogens is 394 g/mol. The van der Waals surface area contributed by atoms with E-state index in [4.69, 9.17) is 9.47 Å². The van der Waals surface area contributed by atoms with Crippen LogP contribution in [-0.2, 0) is 0 Å². The molecule has 0 saturated carbocycles. The quantitative estimate of drug-likeness (QED) is 0.591. The maximum atomic E-state index is 9.73. The second kappa shape index (κ2) is 10.6. The fraction of sp³-hybridized carbons (Fsp3) is 0.565. The van der Waals surface area contributed by atoms with E-state index in [1.807, 2.05) is 24.3 Å². The van der Waals surface area contributed by atoms with E-state index < -0.39 is 0 Å². The first-order valence-corrected chi connectivity index (χ1v) is 11.3. The van der Waals surface area contributed by atoms with Gasteiger partial charge in [0.25, 0.3) is 0 Å². The minimum Gasteiger partial charge on any atom is -0.493 e. The SMILES string of the molecule is COc1ccc(Nc2nccc(N3CCC(O)CC3)n2)cc1OCCCN1CCCC1. The number of anilines is 3. The van der Waals surface area contributed by atoms with Gasteiger partial charge in [-0.3, -0.25) is 0 Å². The van der Waals surface area contributed by atoms with Gasteiger partial charge in [0.15, 0.2) is 11.5 Å². The Morgan fingerprint density at radius 1 is 1.10 bits per heavy atom. The third kappa shape index (κ3) is 5.98. The van der Waals surface area contributed by atoms with Crippen molar-refractivity contribution < 1.29 is 14.6 Å². The highest BCUT2D eigenvalue weighted by molar-refractivity contribution is 5.60. The van der Waals surface area contributed by atoms with Crippen LogP contribution in [-0.4, -0.2) is 72.5 Å². The van der Waals surface area contributed by atoms with Gasteiger partial charge >= 0.3 is 0 Å². The Morgan fingerprint density at radius 2 is 1.90 bits per heavy atom. The van der Waals surface area contributed by atoms with Crippen molar-refractivity contribution in [1.82, 2.24) is 14.9 Å². The average molecular weight is 428 g/mol. The zero-order valence-corrected chi connectivity index (χ0v) is 18.3. The van der Waals surface area contributed by atoms with Gasteiger partial charge in [-0.1, -0.05) is 0 Å². The Bertz CT molecular complexity index is 836. The van der Waals surface area contributed by atoms with Gasteiger partial charge in [-0.15, -0.1) is 0 Å². The van der Waals surface area contributed by atoms with Crippen molar-refractivity contribution in [2.24, 2.45) is 0 Å². The van der Waals surface area contributed by atoms with Crippen LogP contribution >= 0.6 is 0 Å². The van der Waals surface area contributed by atoms with E-state index in [0.717, 1.165) is 56.2 Å². The van der Waals surface area contributed by atoms with Gasteiger partial charge in [0.1, 0.15) is 5.82 Å². The minimum atomic E-state index is -0.205. The summed E-state index contributed by atoms with van der Waals surface area (Å²) in [5, 5.41) is 13.0. The van der Waals surface area contributed by atoms with E-state index in [0.29, 0.717) is 18.3 Å². The average Bonchev–Trinajstić information content (AvgIpc) is 3.31. The molecule has 2 aliphatic rings. The summed E-state index contributed by atoms with van der Waals surface area (Å²) in [5.41, 5.74) is 0.849. The van der Waals surface area contributed by atoms with Crippen molar-refractivity contribution in [3.05, 3.63) is 30.5 Å². The van der Waals surface area contributed by atoms with Gasteiger partial charge in [0.2, 0.25) is 5.95 Å². The predicted octanol–water partition coefficient (Wildman–Crippen LogP) is 3.05. The number of aromatic nitrogens is 2. The monoisotopic (exact) mass is 427 g/mol. The van der Waals surface area contributed by atoms with Crippen LogP contribution < -0.4 is 19.7 Å². The first-order chi connectivity index (χ1) is 15.2. The number of hydrogen-bond donors (Lipinski definition) is 2. The Kier molecular flexibility index (Phi) is 7.43. The van der Waals surface area contributed by atoms with Gasteiger partial charge in [-0.2, -0.15) is 4.98 Å². The molecule has 2 aromatic rings. The molecule has 2 N–H and O–H groups in total. The van der Waals surface area contributed by atoms with Gasteiger partial charge in [-0.25, -0.2) is 4.98 Å². The van der Waals surface area contributed by atoms with Gasteiger partial charge in [-0.05, 0) is 63.4 Å². The van der Waals surface area contributed by atoms with E-state index in [2.05, 4.69) is 25.1 Å². The minimum absolute atomic E-state index is 0.205. The number of likely N-dealkylation sites (tertiary alicyclic amines) is 1. The van der Waals surface area contributed by atoms with Crippen molar-refractivity contribution in [3.8, 4) is 11.5 Å². The molecule has 2 aliphatic heterocycles. The zero-order chi connectivity index (χ0) is 21.5. The van der Waals surface area contributed by atoms with E-state index >= 15 is 0 Å². The molecule has 0 radical (unpaired) electrons. The highest BCUT2D eigenvalue weighted by Crippen LogP contribution is 2.31. The number of hydrogen-bond acceptors (Lipinski definition) is 8. The van der Waals surface area contributed by atoms with Gasteiger partial charge < -0.3 is 29.7 Å².